The van der Waals surface area contributed by atoms with E-state index in [4.69, 9.17) is 124 Å². The van der Waals surface area contributed by atoms with Crippen molar-refractivity contribution in [1.82, 2.24) is 15.0 Å². The Morgan fingerprint density at radius 3 is 1.34 bits per heavy atom. The van der Waals surface area contributed by atoms with Crippen LogP contribution in [-0.4, -0.2) is 254 Å². The summed E-state index contributed by atoms with van der Waals surface area (Å²) in [6, 6.07) is 11.4. The number of aliphatic hydroxyl groups is 5. The molecule has 13 rings (SSSR count). The van der Waals surface area contributed by atoms with E-state index in [1.54, 1.807) is 48.9 Å². The zero-order valence-corrected chi connectivity index (χ0v) is 72.4. The molecule has 9 saturated heterocycles. The first-order chi connectivity index (χ1) is 50.5. The molecule has 0 bridgehead atoms. The van der Waals surface area contributed by atoms with Crippen LogP contribution in [0, 0.1) is 0 Å². The van der Waals surface area contributed by atoms with E-state index < -0.39 is 110 Å². The number of rotatable bonds is 19. The third-order valence-electron chi connectivity index (χ3n) is 17.1. The Kier molecular flexibility index (Phi) is 35.9. The lowest BCUT2D eigenvalue weighted by atomic mass is 10.0. The van der Waals surface area contributed by atoms with Crippen molar-refractivity contribution in [2.24, 2.45) is 0 Å². The van der Waals surface area contributed by atoms with Crippen LogP contribution in [-0.2, 0) is 103 Å². The van der Waals surface area contributed by atoms with Crippen LogP contribution in [0.2, 0.25) is 13.1 Å². The van der Waals surface area contributed by atoms with Gasteiger partial charge in [-0.05, 0) is 134 Å². The molecule has 5 unspecified atom stereocenters. The quantitative estimate of drug-likeness (QED) is 0.0252. The first kappa shape index (κ1) is 93.5. The normalized spacial score (nSPS) is 33.2. The standard InChI is InChI=1S/C21H27NO5S.C15H28O4S2.C14H21NO5S.C11H18O5.C6H11NSSi.C5H10O5.CH2Cl2/c1-20(2)24-13-15(25-20)16-17(27-21(3,4)26-16)18(19-22-10-11-28-19)23-12-14-8-6-5-7-9-14;1-7-20-13(21-8-2)12-11(18-15(5,6)19-12)10-9-16-14(3,4)17-10;1-13(2)17-7-8(18-13)10-11(20-14(3,4)19-10)9(16)12-15-5-6-21-12;1-10(2)13-6-8(15-10)9-7(5-12)14-11(3,4)16-9;1-9(2)5-6-7-3-4-8-6;6-2-1-10-5(9)4(8)3(2)7;2-1-3/h5-11,15-18H,12-13H2,1-4H3;10-13H,7-9H2,1-6H3;5-6,8-11,16H,7H2,1-4H3;5,7-9H,6H2,1-4H3;3-4,9H,5H2,1-2H3;2-9H,1H2;1H2/t15?,16-,17+,18+;10?,11-,12+;8?,9-,10+,11+;7-,8?,9+;;2-,3+,4-,5?;/m1101.0./s1. The second kappa shape index (κ2) is 41.5. The van der Waals surface area contributed by atoms with E-state index in [-0.39, 0.29) is 66.9 Å². The predicted molar refractivity (Wildman–Crippen MR) is 415 cm³/mol. The molecular weight excluding hydrogens is 1560 g/mol. The molecule has 4 aromatic rings. The molecule has 9 aliphatic rings. The van der Waals surface area contributed by atoms with Gasteiger partial charge in [-0.25, -0.2) is 9.97 Å². The Balaban J connectivity index is 0.000000185. The van der Waals surface area contributed by atoms with Gasteiger partial charge in [-0.1, -0.05) is 57.3 Å². The fourth-order valence-corrected chi connectivity index (χ4v) is 19.4. The lowest BCUT2D eigenvalue weighted by Crippen LogP contribution is -2.52. The Labute approximate surface area is 668 Å². The average molecular weight is 1680 g/mol. The van der Waals surface area contributed by atoms with Crippen molar-refractivity contribution >= 4 is 95.8 Å². The number of thiazole rings is 3. The third-order valence-corrected chi connectivity index (χ3v) is 23.8. The number of aliphatic hydroxyl groups excluding tert-OH is 5. The van der Waals surface area contributed by atoms with Crippen LogP contribution in [0.25, 0.3) is 0 Å². The van der Waals surface area contributed by atoms with Gasteiger partial charge < -0.3 is 116 Å². The second-order valence-electron chi connectivity index (χ2n) is 30.4. The van der Waals surface area contributed by atoms with Gasteiger partial charge in [0.1, 0.15) is 114 Å². The molecule has 27 nitrogen and oxygen atoms in total. The molecule has 0 aliphatic carbocycles. The molecular formula is C73H117Cl2N3O24S5Si. The number of carbonyl (C=O) groups excluding carboxylic acids is 1. The summed E-state index contributed by atoms with van der Waals surface area (Å²) in [5.74, 6) is -3.11. The molecule has 3 aromatic heterocycles. The fourth-order valence-electron chi connectivity index (χ4n) is 12.7. The highest BCUT2D eigenvalue weighted by Gasteiger charge is 2.57. The summed E-state index contributed by atoms with van der Waals surface area (Å²) >= 11 is 18.1. The van der Waals surface area contributed by atoms with Crippen molar-refractivity contribution in [2.75, 3.05) is 49.9 Å². The number of thioether (sulfide) groups is 2. The van der Waals surface area contributed by atoms with Crippen LogP contribution in [0.5, 0.6) is 0 Å². The molecule has 108 heavy (non-hydrogen) atoms. The molecule has 9 aliphatic heterocycles. The van der Waals surface area contributed by atoms with E-state index in [2.05, 4.69) is 46.6 Å². The summed E-state index contributed by atoms with van der Waals surface area (Å²) in [4.78, 5) is 23.8. The van der Waals surface area contributed by atoms with Crippen LogP contribution < -0.4 is 0 Å². The molecule has 0 radical (unpaired) electrons. The maximum absolute atomic E-state index is 10.9. The van der Waals surface area contributed by atoms with Crippen LogP contribution in [0.3, 0.4) is 0 Å². The van der Waals surface area contributed by atoms with E-state index in [0.29, 0.717) is 42.6 Å². The molecule has 0 amide bonds. The molecule has 35 heteroatoms. The summed E-state index contributed by atoms with van der Waals surface area (Å²) < 4.78 is 105. The second-order valence-corrected chi connectivity index (χ2v) is 40.4. The van der Waals surface area contributed by atoms with Gasteiger partial charge >= 0.3 is 0 Å². The van der Waals surface area contributed by atoms with Crippen LogP contribution >= 0.6 is 80.7 Å². The van der Waals surface area contributed by atoms with Crippen LogP contribution in [0.4, 0.5) is 0 Å². The lowest BCUT2D eigenvalue weighted by Gasteiger charge is -2.31. The van der Waals surface area contributed by atoms with E-state index in [9.17, 15) is 9.90 Å². The van der Waals surface area contributed by atoms with Gasteiger partial charge in [0, 0.05) is 43.5 Å². The molecule has 18 atom stereocenters. The number of benzene rings is 1. The SMILES string of the molecule is CC1(C)OCC([C@H]2OC(C)(C)O[C@@H]2C=O)O1.CC1(C)OCC([C@H]2OC(C)(C)O[C@@H]2[C@H](O)c2nccs2)O1.CC1(C)OCC([C@H]2OC(C)(C)O[C@@H]2[C@H](OCc2ccccc2)c2nccs2)O1.CCSC(SCC)[C@H]1OC(C)(C)O[C@@H]1C1COC(C)(C)O1.C[SiH](C)Cc1nccs1.ClCCl.OC1OC[C@H](O)[C@@H](O)[C@@H]1O. The van der Waals surface area contributed by atoms with Crippen molar-refractivity contribution in [3.05, 3.63) is 85.6 Å². The Morgan fingerprint density at radius 2 is 0.935 bits per heavy atom. The van der Waals surface area contributed by atoms with Crippen molar-refractivity contribution in [2.45, 2.75) is 311 Å². The Bertz CT molecular complexity index is 3180. The molecule has 1 aromatic carbocycles. The van der Waals surface area contributed by atoms with E-state index >= 15 is 0 Å². The van der Waals surface area contributed by atoms with Crippen LogP contribution in [0.15, 0.2) is 65.1 Å². The number of carbonyl (C=O) groups is 1. The van der Waals surface area contributed by atoms with Crippen LogP contribution in [0.1, 0.15) is 157 Å². The van der Waals surface area contributed by atoms with Gasteiger partial charge in [-0.3, -0.25) is 4.98 Å². The Morgan fingerprint density at radius 1 is 0.528 bits per heavy atom. The monoisotopic (exact) mass is 1680 g/mol. The minimum Gasteiger partial charge on any atom is -0.388 e. The van der Waals surface area contributed by atoms with Gasteiger partial charge in [-0.2, -0.15) is 0 Å². The van der Waals surface area contributed by atoms with E-state index in [0.717, 1.165) is 28.4 Å². The number of hydrogen-bond acceptors (Lipinski definition) is 32. The summed E-state index contributed by atoms with van der Waals surface area (Å²) in [7, 11) is -0.415. The molecule has 616 valence electrons. The predicted octanol–water partition coefficient (Wildman–Crippen LogP) is 10.8. The number of aldehydes is 1. The summed E-state index contributed by atoms with van der Waals surface area (Å²) in [6.45, 7) is 41.3. The number of hydrogen-bond donors (Lipinski definition) is 5. The highest BCUT2D eigenvalue weighted by Crippen LogP contribution is 2.46. The highest BCUT2D eigenvalue weighted by atomic mass is 35.5. The molecule has 9 fully saturated rings. The number of ether oxygens (including phenoxy) is 18. The number of nitrogens with zero attached hydrogens (tertiary/aromatic N) is 3. The maximum Gasteiger partial charge on any atom is 0.183 e. The number of aromatic nitrogens is 3. The van der Waals surface area contributed by atoms with E-state index in [1.165, 1.54) is 22.4 Å². The molecule has 5 N–H and O–H groups in total. The summed E-state index contributed by atoms with van der Waals surface area (Å²) in [5.41, 5.74) is 1.10. The highest BCUT2D eigenvalue weighted by molar-refractivity contribution is 8.17. The minimum absolute atomic E-state index is 0.0254. The van der Waals surface area contributed by atoms with Gasteiger partial charge in [-0.15, -0.1) is 80.7 Å². The largest absolute Gasteiger partial charge is 0.388 e. The molecule has 0 spiro atoms. The van der Waals surface area contributed by atoms with Gasteiger partial charge in [0.2, 0.25) is 0 Å². The summed E-state index contributed by atoms with van der Waals surface area (Å²) in [5, 5.41) is 54.6. The topological polar surface area (TPSA) is 323 Å². The van der Waals surface area contributed by atoms with Gasteiger partial charge in [0.05, 0.1) is 54.6 Å². The zero-order chi connectivity index (χ0) is 79.8. The lowest BCUT2D eigenvalue weighted by molar-refractivity contribution is -0.252. The smallest absolute Gasteiger partial charge is 0.183 e. The third kappa shape index (κ3) is 28.6. The van der Waals surface area contributed by atoms with Crippen molar-refractivity contribution in [3.8, 4) is 0 Å². The fraction of sp³-hybridized carbons (Fsp3) is 0.781. The average Bonchev–Trinajstić information content (AvgIpc) is 1.64. The van der Waals surface area contributed by atoms with Crippen molar-refractivity contribution < 1.29 is 116 Å². The van der Waals surface area contributed by atoms with Gasteiger partial charge in [0.15, 0.2) is 58.9 Å². The summed E-state index contributed by atoms with van der Waals surface area (Å²) in [6.07, 6.45) is -3.82. The zero-order valence-electron chi connectivity index (χ0n) is 65.7. The molecule has 12 heterocycles. The minimum atomic E-state index is -1.41. The Hall–Kier alpha value is -1.64. The first-order valence-electron chi connectivity index (χ1n) is 36.4. The number of halogens is 2. The van der Waals surface area contributed by atoms with Gasteiger partial charge in [0.25, 0.3) is 0 Å². The first-order valence-corrected chi connectivity index (χ1v) is 45.3. The van der Waals surface area contributed by atoms with E-state index in [1.807, 2.05) is 173 Å². The molecule has 0 saturated carbocycles. The number of alkyl halides is 2. The maximum atomic E-state index is 10.9. The van der Waals surface area contributed by atoms with Crippen molar-refractivity contribution in [3.63, 3.8) is 0 Å². The van der Waals surface area contributed by atoms with Crippen molar-refractivity contribution in [1.29, 1.82) is 0 Å².